The second kappa shape index (κ2) is 17.5. The molecule has 18 nitrogen and oxygen atoms in total. The Morgan fingerprint density at radius 2 is 1.55 bits per heavy atom. The van der Waals surface area contributed by atoms with Crippen molar-refractivity contribution >= 4 is 41.3 Å². The Hall–Kier alpha value is -6.43. The zero-order chi connectivity index (χ0) is 47.2. The van der Waals surface area contributed by atoms with Crippen molar-refractivity contribution in [1.29, 1.82) is 0 Å². The maximum atomic E-state index is 15.5. The second-order valence-corrected chi connectivity index (χ2v) is 17.7. The average molecular weight is 895 g/mol. The fourth-order valence-corrected chi connectivity index (χ4v) is 10.4. The molecule has 0 aromatic heterocycles. The van der Waals surface area contributed by atoms with Gasteiger partial charge in [-0.15, -0.1) is 0 Å². The van der Waals surface area contributed by atoms with Gasteiger partial charge >= 0.3 is 23.9 Å². The summed E-state index contributed by atoms with van der Waals surface area (Å²) < 4.78 is 30.3. The Bertz CT molecular complexity index is 2490. The summed E-state index contributed by atoms with van der Waals surface area (Å²) in [6.07, 6.45) is -10.8. The molecular formula is C47H50N4O14. The van der Waals surface area contributed by atoms with E-state index in [1.807, 2.05) is 0 Å². The zero-order valence-corrected chi connectivity index (χ0v) is 36.5. The van der Waals surface area contributed by atoms with Crippen molar-refractivity contribution in [2.75, 3.05) is 6.61 Å². The maximum absolute atomic E-state index is 15.5. The molecule has 1 heterocycles. The van der Waals surface area contributed by atoms with Crippen LogP contribution >= 0.6 is 0 Å². The minimum Gasteiger partial charge on any atom is -0.456 e. The Morgan fingerprint density at radius 1 is 0.908 bits per heavy atom. The predicted molar refractivity (Wildman–Crippen MR) is 226 cm³/mol. The number of Topliss-reactive ketones (excluding diaryl/α,β-unsaturated/α-hetero) is 1. The number of benzene rings is 3. The second-order valence-electron chi connectivity index (χ2n) is 17.7. The average Bonchev–Trinajstić information content (AvgIpc) is 3.26. The minimum absolute atomic E-state index is 0.0345. The van der Waals surface area contributed by atoms with Crippen molar-refractivity contribution in [3.8, 4) is 0 Å². The van der Waals surface area contributed by atoms with Gasteiger partial charge in [0.15, 0.2) is 23.6 Å². The van der Waals surface area contributed by atoms with Gasteiger partial charge in [-0.3, -0.25) is 19.2 Å². The van der Waals surface area contributed by atoms with E-state index in [2.05, 4.69) is 15.3 Å². The fourth-order valence-electron chi connectivity index (χ4n) is 10.4. The summed E-state index contributed by atoms with van der Waals surface area (Å²) in [5, 5.41) is 43.8. The van der Waals surface area contributed by atoms with E-state index >= 15 is 4.79 Å². The highest BCUT2D eigenvalue weighted by Gasteiger charge is 2.78. The van der Waals surface area contributed by atoms with Gasteiger partial charge in [0.2, 0.25) is 0 Å². The van der Waals surface area contributed by atoms with Crippen LogP contribution in [-0.4, -0.2) is 105 Å². The summed E-state index contributed by atoms with van der Waals surface area (Å²) in [5.41, 5.74) is 1.54. The normalized spacial score (nSPS) is 30.8. The summed E-state index contributed by atoms with van der Waals surface area (Å²) in [4.78, 5) is 86.6. The molecule has 0 unspecified atom stereocenters. The molecule has 4 N–H and O–H groups in total. The molecule has 0 radical (unpaired) electrons. The summed E-state index contributed by atoms with van der Waals surface area (Å²) in [6, 6.07) is 20.1. The summed E-state index contributed by atoms with van der Waals surface area (Å²) >= 11 is 0. The van der Waals surface area contributed by atoms with Gasteiger partial charge in [-0.05, 0) is 60.4 Å². The lowest BCUT2D eigenvalue weighted by atomic mass is 9.44. The van der Waals surface area contributed by atoms with E-state index in [0.29, 0.717) is 0 Å². The summed E-state index contributed by atoms with van der Waals surface area (Å²) in [5.74, 6) is -7.17. The van der Waals surface area contributed by atoms with Crippen molar-refractivity contribution in [3.05, 3.63) is 123 Å². The molecule has 1 amide bonds. The molecule has 342 valence electrons. The Balaban J connectivity index is 1.37. The Kier molecular flexibility index (Phi) is 12.5. The molecule has 1 aliphatic heterocycles. The highest BCUT2D eigenvalue weighted by atomic mass is 16.6. The summed E-state index contributed by atoms with van der Waals surface area (Å²) in [7, 11) is 0. The number of esters is 4. The van der Waals surface area contributed by atoms with Crippen molar-refractivity contribution in [1.82, 2.24) is 5.32 Å². The minimum atomic E-state index is -2.43. The van der Waals surface area contributed by atoms with Crippen molar-refractivity contribution in [2.24, 2.45) is 21.9 Å². The Morgan fingerprint density at radius 3 is 2.15 bits per heavy atom. The smallest absolute Gasteiger partial charge is 0.338 e. The lowest BCUT2D eigenvalue weighted by Crippen LogP contribution is -2.82. The molecule has 11 atom stereocenters. The van der Waals surface area contributed by atoms with E-state index in [1.165, 1.54) is 50.2 Å². The van der Waals surface area contributed by atoms with Crippen LogP contribution in [0.3, 0.4) is 0 Å². The number of ether oxygens (including phenoxy) is 5. The van der Waals surface area contributed by atoms with E-state index in [4.69, 9.17) is 29.2 Å². The van der Waals surface area contributed by atoms with Gasteiger partial charge in [0.1, 0.15) is 23.9 Å². The molecule has 7 rings (SSSR count). The van der Waals surface area contributed by atoms with Crippen LogP contribution in [0.2, 0.25) is 0 Å². The van der Waals surface area contributed by atoms with Crippen molar-refractivity contribution in [2.45, 2.75) is 108 Å². The molecular weight excluding hydrogens is 845 g/mol. The molecule has 3 aliphatic carbocycles. The number of rotatable bonds is 11. The molecule has 3 aromatic carbocycles. The van der Waals surface area contributed by atoms with Crippen LogP contribution in [0.25, 0.3) is 10.4 Å². The number of aliphatic hydroxyl groups excluding tert-OH is 2. The number of hydrogen-bond donors (Lipinski definition) is 4. The molecule has 18 heteroatoms. The van der Waals surface area contributed by atoms with Crippen LogP contribution in [0.1, 0.15) is 86.7 Å². The van der Waals surface area contributed by atoms with E-state index in [9.17, 15) is 39.3 Å². The van der Waals surface area contributed by atoms with Gasteiger partial charge < -0.3 is 44.3 Å². The third-order valence-corrected chi connectivity index (χ3v) is 13.7. The number of nitrogens with one attached hydrogen (secondary N) is 1. The topological polar surface area (TPSA) is 270 Å². The van der Waals surface area contributed by atoms with Crippen LogP contribution in [0.5, 0.6) is 0 Å². The largest absolute Gasteiger partial charge is 0.456 e. The number of nitrogens with zero attached hydrogens (tertiary/aromatic N) is 3. The van der Waals surface area contributed by atoms with Crippen molar-refractivity contribution < 1.29 is 67.8 Å². The van der Waals surface area contributed by atoms with Gasteiger partial charge in [0.25, 0.3) is 5.91 Å². The number of fused-ring (bicyclic) bond motifs is 5. The number of hydrogen-bond acceptors (Lipinski definition) is 15. The first-order valence-electron chi connectivity index (χ1n) is 21.0. The first-order chi connectivity index (χ1) is 30.7. The summed E-state index contributed by atoms with van der Waals surface area (Å²) in [6.45, 7) is 7.84. The van der Waals surface area contributed by atoms with Crippen LogP contribution in [-0.2, 0) is 42.9 Å². The lowest BCUT2D eigenvalue weighted by Gasteiger charge is -2.67. The molecule has 65 heavy (non-hydrogen) atoms. The van der Waals surface area contributed by atoms with E-state index in [0.717, 1.165) is 13.8 Å². The van der Waals surface area contributed by atoms with Gasteiger partial charge in [0, 0.05) is 48.3 Å². The SMILES string of the molecule is CC(=O)O[C@@H]1C(=O)[C@@]2(C)[C@H]([C@H](OC(=O)c3ccccc3)[C@]3(O)C[C@H](OC(=O)[C@H](O)[C@@H](NC(=O)c4cccc(N=[N+]=[N-])c4)c4ccccc4)C(C)=C1C3(C)C)[C@]1(OC(C)=O)CO[C@@H]1C[C@@H]2O. The number of carbonyl (C=O) groups is 6. The zero-order valence-electron chi connectivity index (χ0n) is 36.5. The molecule has 3 aromatic rings. The molecule has 1 saturated heterocycles. The fraction of sp³-hybridized carbons (Fsp3) is 0.447. The van der Waals surface area contributed by atoms with Crippen LogP contribution in [0, 0.1) is 16.7 Å². The van der Waals surface area contributed by atoms with E-state index in [-0.39, 0.29) is 46.6 Å². The number of aliphatic hydroxyl groups is 3. The van der Waals surface area contributed by atoms with Gasteiger partial charge in [-0.2, -0.15) is 0 Å². The standard InChI is InChI=1S/C47H50N4O14/c1-24-31(63-43(59)36(55)35(27-14-9-7-10-15-27)49-41(57)29-18-13-19-30(20-29)50-51-48)22-47(60)40(64-42(58)28-16-11-8-12-17-28)38-45(6,32(54)21-33-46(38,23-61-33)65-26(3)53)39(56)37(62-25(2)52)34(24)44(47,4)5/h7-20,31-33,35-38,40,54-55,60H,21-23H2,1-6H3,(H,49,57)/t31-,32-,33+,35-,36+,37-,38-,40-,45+,46-,47+/m0/s1. The number of ketones is 1. The predicted octanol–water partition coefficient (Wildman–Crippen LogP) is 4.68. The molecule has 2 bridgehead atoms. The van der Waals surface area contributed by atoms with E-state index in [1.54, 1.807) is 62.4 Å². The third-order valence-electron chi connectivity index (χ3n) is 13.7. The number of carbonyl (C=O) groups excluding carboxylic acids is 6. The Labute approximate surface area is 373 Å². The highest BCUT2D eigenvalue weighted by molar-refractivity contribution is 5.96. The quantitative estimate of drug-likeness (QED) is 0.0509. The first-order valence-corrected chi connectivity index (χ1v) is 21.0. The highest BCUT2D eigenvalue weighted by Crippen LogP contribution is 2.64. The molecule has 4 aliphatic rings. The van der Waals surface area contributed by atoms with Gasteiger partial charge in [-0.25, -0.2) is 9.59 Å². The van der Waals surface area contributed by atoms with Crippen molar-refractivity contribution in [3.63, 3.8) is 0 Å². The maximum Gasteiger partial charge on any atom is 0.338 e. The van der Waals surface area contributed by atoms with E-state index < -0.39 is 113 Å². The first kappa shape index (κ1) is 46.6. The molecule has 3 fully saturated rings. The van der Waals surface area contributed by atoms with Gasteiger partial charge in [0.05, 0.1) is 35.6 Å². The van der Waals surface area contributed by atoms with Crippen LogP contribution in [0.15, 0.2) is 101 Å². The third kappa shape index (κ3) is 7.95. The van der Waals surface area contributed by atoms with Crippen LogP contribution < -0.4 is 5.32 Å². The molecule has 0 spiro atoms. The lowest BCUT2D eigenvalue weighted by molar-refractivity contribution is -0.346. The number of azide groups is 1. The van der Waals surface area contributed by atoms with Gasteiger partial charge in [-0.1, -0.05) is 79.6 Å². The monoisotopic (exact) mass is 894 g/mol. The molecule has 2 saturated carbocycles. The van der Waals surface area contributed by atoms with Crippen LogP contribution in [0.4, 0.5) is 5.69 Å². The number of amides is 1.